The van der Waals surface area contributed by atoms with Crippen LogP contribution in [0.3, 0.4) is 0 Å². The van der Waals surface area contributed by atoms with Gasteiger partial charge in [-0.1, -0.05) is 42.5 Å². The zero-order valence-corrected chi connectivity index (χ0v) is 16.1. The van der Waals surface area contributed by atoms with E-state index < -0.39 is 10.0 Å². The zero-order valence-electron chi connectivity index (χ0n) is 15.3. The molecule has 0 saturated heterocycles. The van der Waals surface area contributed by atoms with Gasteiger partial charge in [-0.25, -0.2) is 8.42 Å². The molecule has 2 N–H and O–H groups in total. The number of sulfonamides is 1. The average Bonchev–Trinajstić information content (AvgIpc) is 2.66. The highest BCUT2D eigenvalue weighted by atomic mass is 32.2. The molecule has 7 heteroatoms. The first-order valence-electron chi connectivity index (χ1n) is 8.94. The van der Waals surface area contributed by atoms with E-state index in [0.29, 0.717) is 13.0 Å². The van der Waals surface area contributed by atoms with Crippen LogP contribution in [0.4, 0.5) is 5.69 Å². The summed E-state index contributed by atoms with van der Waals surface area (Å²) in [7, 11) is -3.53. The molecule has 0 aliphatic carbocycles. The lowest BCUT2D eigenvalue weighted by atomic mass is 9.99. The number of amides is 1. The number of nitrogens with one attached hydrogen (secondary N) is 2. The molecule has 0 aromatic heterocycles. The molecule has 1 aliphatic heterocycles. The van der Waals surface area contributed by atoms with Crippen LogP contribution >= 0.6 is 0 Å². The third-order valence-electron chi connectivity index (χ3n) is 4.69. The van der Waals surface area contributed by atoms with Gasteiger partial charge in [0.2, 0.25) is 10.0 Å². The fourth-order valence-electron chi connectivity index (χ4n) is 3.44. The molecular formula is C21H20N2O4S. The molecular weight excluding hydrogens is 376 g/mol. The Labute approximate surface area is 163 Å². The fourth-order valence-corrected chi connectivity index (χ4v) is 4.01. The predicted octanol–water partition coefficient (Wildman–Crippen LogP) is 3.46. The van der Waals surface area contributed by atoms with E-state index >= 15 is 0 Å². The average molecular weight is 396 g/mol. The normalized spacial score (nSPS) is 16.1. The minimum absolute atomic E-state index is 0.199. The van der Waals surface area contributed by atoms with Crippen molar-refractivity contribution in [2.75, 3.05) is 17.6 Å². The minimum Gasteiger partial charge on any atom is -0.493 e. The molecule has 28 heavy (non-hydrogen) atoms. The first-order valence-corrected chi connectivity index (χ1v) is 10.8. The number of ether oxygens (including phenoxy) is 1. The minimum atomic E-state index is -3.53. The second-order valence-corrected chi connectivity index (χ2v) is 8.57. The van der Waals surface area contributed by atoms with Crippen LogP contribution in [0.2, 0.25) is 0 Å². The molecule has 1 atom stereocenters. The van der Waals surface area contributed by atoms with Gasteiger partial charge < -0.3 is 10.1 Å². The summed E-state index contributed by atoms with van der Waals surface area (Å²) in [6, 6.07) is 18.3. The van der Waals surface area contributed by atoms with Gasteiger partial charge in [0.25, 0.3) is 5.91 Å². The molecule has 4 rings (SSSR count). The SMILES string of the molecule is CS(=O)(=O)Nc1cc2ccccc2cc1C(=O)N[C@H]1CCOc2ccccc21. The molecule has 6 nitrogen and oxygen atoms in total. The lowest BCUT2D eigenvalue weighted by Crippen LogP contribution is -2.32. The number of fused-ring (bicyclic) bond motifs is 2. The molecule has 0 bridgehead atoms. The quantitative estimate of drug-likeness (QED) is 0.707. The predicted molar refractivity (Wildman–Crippen MR) is 109 cm³/mol. The monoisotopic (exact) mass is 396 g/mol. The largest absolute Gasteiger partial charge is 0.493 e. The number of rotatable bonds is 4. The Hall–Kier alpha value is -3.06. The van der Waals surface area contributed by atoms with Gasteiger partial charge in [-0.2, -0.15) is 0 Å². The molecule has 0 radical (unpaired) electrons. The Bertz CT molecular complexity index is 1160. The zero-order chi connectivity index (χ0) is 19.7. The summed E-state index contributed by atoms with van der Waals surface area (Å²) in [4.78, 5) is 13.1. The Morgan fingerprint density at radius 2 is 1.71 bits per heavy atom. The topological polar surface area (TPSA) is 84.5 Å². The highest BCUT2D eigenvalue weighted by Crippen LogP contribution is 2.32. The van der Waals surface area contributed by atoms with Crippen LogP contribution in [0, 0.1) is 0 Å². The van der Waals surface area contributed by atoms with Crippen molar-refractivity contribution in [1.29, 1.82) is 0 Å². The number of hydrogen-bond acceptors (Lipinski definition) is 4. The third-order valence-corrected chi connectivity index (χ3v) is 5.28. The fraction of sp³-hybridized carbons (Fsp3) is 0.190. The van der Waals surface area contributed by atoms with Gasteiger partial charge in [-0.3, -0.25) is 9.52 Å². The van der Waals surface area contributed by atoms with Gasteiger partial charge >= 0.3 is 0 Å². The molecule has 0 saturated carbocycles. The number of carbonyl (C=O) groups is 1. The van der Waals surface area contributed by atoms with E-state index in [1.165, 1.54) is 0 Å². The molecule has 144 valence electrons. The lowest BCUT2D eigenvalue weighted by molar-refractivity contribution is 0.0926. The van der Waals surface area contributed by atoms with E-state index in [9.17, 15) is 13.2 Å². The maximum Gasteiger partial charge on any atom is 0.253 e. The van der Waals surface area contributed by atoms with Crippen molar-refractivity contribution >= 4 is 32.4 Å². The van der Waals surface area contributed by atoms with Crippen LogP contribution in [0.1, 0.15) is 28.4 Å². The van der Waals surface area contributed by atoms with Crippen molar-refractivity contribution in [2.24, 2.45) is 0 Å². The first kappa shape index (κ1) is 18.3. The van der Waals surface area contributed by atoms with Crippen molar-refractivity contribution in [3.05, 3.63) is 71.8 Å². The smallest absolute Gasteiger partial charge is 0.253 e. The van der Waals surface area contributed by atoms with Gasteiger partial charge in [0.05, 0.1) is 30.2 Å². The van der Waals surface area contributed by atoms with Crippen molar-refractivity contribution < 1.29 is 17.9 Å². The van der Waals surface area contributed by atoms with Crippen molar-refractivity contribution in [2.45, 2.75) is 12.5 Å². The second-order valence-electron chi connectivity index (χ2n) is 6.82. The van der Waals surface area contributed by atoms with E-state index in [-0.39, 0.29) is 23.2 Å². The van der Waals surface area contributed by atoms with E-state index in [2.05, 4.69) is 10.0 Å². The van der Waals surface area contributed by atoms with Crippen molar-refractivity contribution in [1.82, 2.24) is 5.32 Å². The van der Waals surface area contributed by atoms with Gasteiger partial charge in [-0.15, -0.1) is 0 Å². The molecule has 3 aromatic carbocycles. The van der Waals surface area contributed by atoms with Crippen molar-refractivity contribution in [3.8, 4) is 5.75 Å². The summed E-state index contributed by atoms with van der Waals surface area (Å²) in [5, 5.41) is 4.74. The van der Waals surface area contributed by atoms with Crippen LogP contribution in [0.25, 0.3) is 10.8 Å². The summed E-state index contributed by atoms with van der Waals surface area (Å²) < 4.78 is 31.7. The molecule has 0 spiro atoms. The van der Waals surface area contributed by atoms with Crippen LogP contribution in [-0.2, 0) is 10.0 Å². The maximum absolute atomic E-state index is 13.1. The number of para-hydroxylation sites is 1. The van der Waals surface area contributed by atoms with Gasteiger partial charge in [-0.05, 0) is 29.0 Å². The van der Waals surface area contributed by atoms with Gasteiger partial charge in [0, 0.05) is 12.0 Å². The summed E-state index contributed by atoms with van der Waals surface area (Å²) in [6.07, 6.45) is 1.71. The first-order chi connectivity index (χ1) is 13.4. The summed E-state index contributed by atoms with van der Waals surface area (Å²) in [5.41, 5.74) is 1.47. The molecule has 0 fully saturated rings. The number of anilines is 1. The Morgan fingerprint density at radius 3 is 2.46 bits per heavy atom. The van der Waals surface area contributed by atoms with Gasteiger partial charge in [0.1, 0.15) is 5.75 Å². The Balaban J connectivity index is 1.71. The number of hydrogen-bond donors (Lipinski definition) is 2. The van der Waals surface area contributed by atoms with E-state index in [1.807, 2.05) is 48.5 Å². The van der Waals surface area contributed by atoms with Crippen LogP contribution in [0.5, 0.6) is 5.75 Å². The van der Waals surface area contributed by atoms with Gasteiger partial charge in [0.15, 0.2) is 0 Å². The molecule has 0 unspecified atom stereocenters. The van der Waals surface area contributed by atoms with Crippen LogP contribution < -0.4 is 14.8 Å². The highest BCUT2D eigenvalue weighted by Gasteiger charge is 2.24. The highest BCUT2D eigenvalue weighted by molar-refractivity contribution is 7.92. The summed E-state index contributed by atoms with van der Waals surface area (Å²) in [5.74, 6) is 0.422. The Kier molecular flexibility index (Phi) is 4.68. The lowest BCUT2D eigenvalue weighted by Gasteiger charge is -2.27. The van der Waals surface area contributed by atoms with Crippen LogP contribution in [-0.4, -0.2) is 27.2 Å². The number of benzene rings is 3. The van der Waals surface area contributed by atoms with E-state index in [4.69, 9.17) is 4.74 Å². The molecule has 1 heterocycles. The summed E-state index contributed by atoms with van der Waals surface area (Å²) in [6.45, 7) is 0.508. The van der Waals surface area contributed by atoms with E-state index in [1.54, 1.807) is 12.1 Å². The standard InChI is InChI=1S/C21H20N2O4S/c1-28(25,26)23-19-13-15-7-3-2-6-14(15)12-17(19)21(24)22-18-10-11-27-20-9-5-4-8-16(18)20/h2-9,12-13,18,23H,10-11H2,1H3,(H,22,24)/t18-/m0/s1. The molecule has 3 aromatic rings. The summed E-state index contributed by atoms with van der Waals surface area (Å²) >= 11 is 0. The van der Waals surface area contributed by atoms with Crippen molar-refractivity contribution in [3.63, 3.8) is 0 Å². The number of carbonyl (C=O) groups excluding carboxylic acids is 1. The van der Waals surface area contributed by atoms with E-state index in [0.717, 1.165) is 28.3 Å². The van der Waals surface area contributed by atoms with Crippen LogP contribution in [0.15, 0.2) is 60.7 Å². The third kappa shape index (κ3) is 3.80. The second kappa shape index (κ2) is 7.16. The maximum atomic E-state index is 13.1. The molecule has 1 amide bonds. The Morgan fingerprint density at radius 1 is 1.04 bits per heavy atom. The molecule has 1 aliphatic rings.